The molecule has 4 atom stereocenters. The molecule has 2 bridgehead atoms. The normalized spacial score (nSPS) is 23.4. The number of carbonyl (C=O) groups excluding carboxylic acids is 2. The summed E-state index contributed by atoms with van der Waals surface area (Å²) in [5.74, 6) is 1.60. The molecule has 4 saturated heterocycles. The number of aromatic nitrogens is 3. The zero-order valence-corrected chi connectivity index (χ0v) is 32.5. The van der Waals surface area contributed by atoms with Crippen LogP contribution in [0.1, 0.15) is 64.9 Å². The fourth-order valence-electron chi connectivity index (χ4n) is 9.18. The van der Waals surface area contributed by atoms with Crippen molar-refractivity contribution in [1.82, 2.24) is 29.7 Å². The van der Waals surface area contributed by atoms with Crippen molar-refractivity contribution in [1.29, 1.82) is 0 Å². The number of carbonyl (C=O) groups is 2. The van der Waals surface area contributed by atoms with Crippen LogP contribution < -0.4 is 9.64 Å². The first-order valence-electron chi connectivity index (χ1n) is 19.3. The van der Waals surface area contributed by atoms with E-state index >= 15 is 4.39 Å². The summed E-state index contributed by atoms with van der Waals surface area (Å²) in [5.41, 5.74) is -0.599. The number of hydrogen-bond donors (Lipinski definition) is 0. The highest BCUT2D eigenvalue weighted by Crippen LogP contribution is 2.44. The van der Waals surface area contributed by atoms with Crippen LogP contribution in [0, 0.1) is 24.0 Å². The van der Waals surface area contributed by atoms with E-state index < -0.39 is 17.2 Å². The van der Waals surface area contributed by atoms with E-state index in [0.717, 1.165) is 45.1 Å². The first kappa shape index (κ1) is 37.6. The van der Waals surface area contributed by atoms with Crippen molar-refractivity contribution in [3.05, 3.63) is 53.7 Å². The van der Waals surface area contributed by atoms with Gasteiger partial charge in [0, 0.05) is 50.4 Å². The minimum absolute atomic E-state index is 0.00765. The number of fused-ring (bicyclic) bond motifs is 5. The summed E-state index contributed by atoms with van der Waals surface area (Å²) in [4.78, 5) is 47.4. The van der Waals surface area contributed by atoms with E-state index in [0.29, 0.717) is 40.6 Å². The van der Waals surface area contributed by atoms with E-state index in [4.69, 9.17) is 30.6 Å². The minimum atomic E-state index is -0.713. The molecule has 2 amide bonds. The van der Waals surface area contributed by atoms with Crippen LogP contribution in [0.15, 0.2) is 36.5 Å². The van der Waals surface area contributed by atoms with Crippen LogP contribution in [0.2, 0.25) is 0 Å². The SMILES string of the molecule is C#Cc1c(F)ccc2cccc(-c3ncc4c(N5CC6CCC(C5)N6C(=O)OC(C)(C)C)nc(OC[C@]56CCCN5[C@@H](COC(=O)N(C)C)CC6)nc4c3F)c12. The molecule has 4 aliphatic heterocycles. The molecule has 56 heavy (non-hydrogen) atoms. The standard InChI is InChI=1S/C42H47F2N7O5/c1-7-29-32(43)15-12-25-10-8-11-30(33(25)29)35-34(44)36-31(20-45-35)37(49-21-26-13-14-27(22-49)51(26)40(53)56-41(2,3)4)47-38(46-36)55-24-42-17-9-19-50(42)28(16-18-42)23-54-39(52)48(5)6/h1,8,10-12,15,20,26-28H,9,13-14,16-19,21-24H2,2-6H3/t26?,27?,28-,42-/m1/s1. The highest BCUT2D eigenvalue weighted by molar-refractivity contribution is 6.02. The number of ether oxygens (including phenoxy) is 3. The van der Waals surface area contributed by atoms with E-state index in [9.17, 15) is 14.0 Å². The lowest BCUT2D eigenvalue weighted by Gasteiger charge is -2.42. The average Bonchev–Trinajstić information content (AvgIpc) is 3.81. The van der Waals surface area contributed by atoms with Gasteiger partial charge in [-0.1, -0.05) is 30.2 Å². The van der Waals surface area contributed by atoms with Crippen molar-refractivity contribution in [3.63, 3.8) is 0 Å². The minimum Gasteiger partial charge on any atom is -0.461 e. The Balaban J connectivity index is 1.17. The predicted molar refractivity (Wildman–Crippen MR) is 207 cm³/mol. The van der Waals surface area contributed by atoms with Gasteiger partial charge in [-0.2, -0.15) is 9.97 Å². The number of nitrogens with zero attached hydrogens (tertiary/aromatic N) is 7. The lowest BCUT2D eigenvalue weighted by Crippen LogP contribution is -2.57. The summed E-state index contributed by atoms with van der Waals surface area (Å²) < 4.78 is 50.0. The molecule has 0 radical (unpaired) electrons. The highest BCUT2D eigenvalue weighted by Gasteiger charge is 2.50. The predicted octanol–water partition coefficient (Wildman–Crippen LogP) is 6.77. The van der Waals surface area contributed by atoms with Crippen molar-refractivity contribution < 1.29 is 32.6 Å². The summed E-state index contributed by atoms with van der Waals surface area (Å²) in [6.07, 6.45) is 11.7. The van der Waals surface area contributed by atoms with Crippen LogP contribution >= 0.6 is 0 Å². The third kappa shape index (κ3) is 6.69. The Kier molecular flexibility index (Phi) is 9.63. The summed E-state index contributed by atoms with van der Waals surface area (Å²) in [6, 6.07) is 7.94. The van der Waals surface area contributed by atoms with Gasteiger partial charge in [-0.05, 0) is 77.3 Å². The third-order valence-electron chi connectivity index (χ3n) is 11.7. The van der Waals surface area contributed by atoms with Crippen molar-refractivity contribution in [3.8, 4) is 29.6 Å². The first-order valence-corrected chi connectivity index (χ1v) is 19.3. The molecule has 0 saturated carbocycles. The molecule has 2 aromatic heterocycles. The molecule has 4 aromatic rings. The van der Waals surface area contributed by atoms with E-state index in [1.54, 1.807) is 44.6 Å². The Hall–Kier alpha value is -5.29. The molecular formula is C42H47F2N7O5. The van der Waals surface area contributed by atoms with Crippen LogP contribution in [0.3, 0.4) is 0 Å². The lowest BCUT2D eigenvalue weighted by atomic mass is 9.95. The Morgan fingerprint density at radius 2 is 1.82 bits per heavy atom. The van der Waals surface area contributed by atoms with Gasteiger partial charge >= 0.3 is 18.2 Å². The second-order valence-electron chi connectivity index (χ2n) is 16.6. The maximum absolute atomic E-state index is 17.2. The Labute approximate surface area is 325 Å². The number of halogens is 2. The molecule has 0 aliphatic carbocycles. The van der Waals surface area contributed by atoms with Gasteiger partial charge in [-0.3, -0.25) is 14.8 Å². The molecule has 14 heteroatoms. The molecule has 2 aromatic carbocycles. The summed E-state index contributed by atoms with van der Waals surface area (Å²) in [5, 5.41) is 1.42. The molecule has 4 aliphatic rings. The third-order valence-corrected chi connectivity index (χ3v) is 11.7. The van der Waals surface area contributed by atoms with Gasteiger partial charge in [-0.25, -0.2) is 18.4 Å². The average molecular weight is 768 g/mol. The number of benzene rings is 2. The highest BCUT2D eigenvalue weighted by atomic mass is 19.1. The van der Waals surface area contributed by atoms with E-state index in [-0.39, 0.29) is 71.8 Å². The van der Waals surface area contributed by atoms with E-state index in [1.807, 2.05) is 25.7 Å². The number of amides is 2. The number of terminal acetylenes is 1. The number of pyridine rings is 1. The van der Waals surface area contributed by atoms with Gasteiger partial charge in [-0.15, -0.1) is 6.42 Å². The molecule has 12 nitrogen and oxygen atoms in total. The van der Waals surface area contributed by atoms with Crippen LogP contribution in [-0.4, -0.2) is 118 Å². The summed E-state index contributed by atoms with van der Waals surface area (Å²) >= 11 is 0. The Morgan fingerprint density at radius 3 is 2.54 bits per heavy atom. The van der Waals surface area contributed by atoms with Gasteiger partial charge in [0.15, 0.2) is 5.82 Å². The second-order valence-corrected chi connectivity index (χ2v) is 16.6. The quantitative estimate of drug-likeness (QED) is 0.187. The van der Waals surface area contributed by atoms with Gasteiger partial charge in [0.25, 0.3) is 0 Å². The number of anilines is 1. The Morgan fingerprint density at radius 1 is 1.05 bits per heavy atom. The first-order chi connectivity index (χ1) is 26.8. The van der Waals surface area contributed by atoms with Crippen molar-refractivity contribution in [2.24, 2.45) is 0 Å². The summed E-state index contributed by atoms with van der Waals surface area (Å²) in [6.45, 7) is 7.85. The number of hydrogen-bond acceptors (Lipinski definition) is 10. The monoisotopic (exact) mass is 767 g/mol. The topological polar surface area (TPSA) is 113 Å². The molecule has 0 spiro atoms. The summed E-state index contributed by atoms with van der Waals surface area (Å²) in [7, 11) is 3.32. The smallest absolute Gasteiger partial charge is 0.410 e. The van der Waals surface area contributed by atoms with Crippen molar-refractivity contribution in [2.75, 3.05) is 51.8 Å². The molecule has 2 unspecified atom stereocenters. The van der Waals surface area contributed by atoms with E-state index in [1.165, 1.54) is 11.0 Å². The van der Waals surface area contributed by atoms with Crippen LogP contribution in [0.25, 0.3) is 32.9 Å². The molecule has 6 heterocycles. The molecule has 4 fully saturated rings. The van der Waals surface area contributed by atoms with Gasteiger partial charge in [0.1, 0.15) is 41.7 Å². The van der Waals surface area contributed by atoms with Crippen molar-refractivity contribution in [2.45, 2.75) is 88.6 Å². The largest absolute Gasteiger partial charge is 0.461 e. The molecule has 294 valence electrons. The zero-order chi connectivity index (χ0) is 39.5. The zero-order valence-electron chi connectivity index (χ0n) is 32.5. The molecular weight excluding hydrogens is 721 g/mol. The number of piperazine rings is 1. The second kappa shape index (κ2) is 14.3. The fraction of sp³-hybridized carbons (Fsp3) is 0.500. The number of rotatable bonds is 7. The van der Waals surface area contributed by atoms with Crippen molar-refractivity contribution >= 4 is 39.7 Å². The molecule has 0 N–H and O–H groups in total. The van der Waals surface area contributed by atoms with Gasteiger partial charge in [0.05, 0.1) is 28.6 Å². The van der Waals surface area contributed by atoms with Gasteiger partial charge in [0.2, 0.25) is 0 Å². The maximum Gasteiger partial charge on any atom is 0.410 e. The van der Waals surface area contributed by atoms with Crippen LogP contribution in [-0.2, 0) is 9.47 Å². The van der Waals surface area contributed by atoms with Crippen LogP contribution in [0.4, 0.5) is 24.2 Å². The van der Waals surface area contributed by atoms with Gasteiger partial charge < -0.3 is 24.0 Å². The van der Waals surface area contributed by atoms with Crippen LogP contribution in [0.5, 0.6) is 6.01 Å². The maximum atomic E-state index is 17.2. The fourth-order valence-corrected chi connectivity index (χ4v) is 9.18. The Bertz CT molecular complexity index is 2240. The lowest BCUT2D eigenvalue weighted by molar-refractivity contribution is 0.0122. The van der Waals surface area contributed by atoms with E-state index in [2.05, 4.69) is 20.7 Å². The molecule has 8 rings (SSSR count).